The van der Waals surface area contributed by atoms with Crippen LogP contribution < -0.4 is 25.4 Å². The van der Waals surface area contributed by atoms with Gasteiger partial charge in [-0.25, -0.2) is 4.79 Å². The van der Waals surface area contributed by atoms with Crippen molar-refractivity contribution in [2.75, 3.05) is 24.9 Å². The number of hydrogen-bond donors (Lipinski definition) is 3. The van der Waals surface area contributed by atoms with Gasteiger partial charge in [0.2, 0.25) is 11.0 Å². The summed E-state index contributed by atoms with van der Waals surface area (Å²) in [6.07, 6.45) is 0.697. The van der Waals surface area contributed by atoms with Crippen LogP contribution in [0.25, 0.3) is 10.6 Å². The van der Waals surface area contributed by atoms with Gasteiger partial charge in [-0.3, -0.25) is 10.1 Å². The molecular formula is C23H27N5O4S. The highest BCUT2D eigenvalue weighted by Crippen LogP contribution is 2.29. The lowest BCUT2D eigenvalue weighted by atomic mass is 9.98. The first-order chi connectivity index (χ1) is 15.9. The Morgan fingerprint density at radius 2 is 1.70 bits per heavy atom. The SMILES string of the molecule is CCC(C)C(NC(=O)Nc1cccc(OC)c1)C(=O)Nc1nnc(-c2cccc(OC)c2)s1. The number of ether oxygens (including phenoxy) is 2. The van der Waals surface area contributed by atoms with Crippen molar-refractivity contribution < 1.29 is 19.1 Å². The summed E-state index contributed by atoms with van der Waals surface area (Å²) in [5.74, 6) is 0.855. The highest BCUT2D eigenvalue weighted by atomic mass is 32.1. The van der Waals surface area contributed by atoms with E-state index in [1.165, 1.54) is 11.3 Å². The van der Waals surface area contributed by atoms with Crippen LogP contribution in [0.1, 0.15) is 20.3 Å². The maximum atomic E-state index is 13.0. The van der Waals surface area contributed by atoms with E-state index in [-0.39, 0.29) is 11.8 Å². The van der Waals surface area contributed by atoms with Gasteiger partial charge in [0.1, 0.15) is 22.5 Å². The highest BCUT2D eigenvalue weighted by Gasteiger charge is 2.27. The molecule has 0 aliphatic carbocycles. The summed E-state index contributed by atoms with van der Waals surface area (Å²) in [4.78, 5) is 25.6. The van der Waals surface area contributed by atoms with Crippen LogP contribution in [0.3, 0.4) is 0 Å². The van der Waals surface area contributed by atoms with Gasteiger partial charge in [-0.2, -0.15) is 0 Å². The number of methoxy groups -OCH3 is 2. The number of benzene rings is 2. The second-order valence-electron chi connectivity index (χ2n) is 7.33. The van der Waals surface area contributed by atoms with Gasteiger partial charge in [0, 0.05) is 17.3 Å². The Balaban J connectivity index is 1.68. The lowest BCUT2D eigenvalue weighted by Crippen LogP contribution is -2.49. The van der Waals surface area contributed by atoms with E-state index >= 15 is 0 Å². The van der Waals surface area contributed by atoms with Crippen molar-refractivity contribution in [1.82, 2.24) is 15.5 Å². The zero-order chi connectivity index (χ0) is 23.8. The Kier molecular flexibility index (Phi) is 8.20. The highest BCUT2D eigenvalue weighted by molar-refractivity contribution is 7.18. The number of aromatic nitrogens is 2. The van der Waals surface area contributed by atoms with Crippen molar-refractivity contribution in [3.63, 3.8) is 0 Å². The second-order valence-corrected chi connectivity index (χ2v) is 8.30. The predicted octanol–water partition coefficient (Wildman–Crippen LogP) is 4.40. The lowest BCUT2D eigenvalue weighted by molar-refractivity contribution is -0.119. The molecule has 10 heteroatoms. The molecular weight excluding hydrogens is 442 g/mol. The predicted molar refractivity (Wildman–Crippen MR) is 129 cm³/mol. The molecule has 1 aromatic heterocycles. The van der Waals surface area contributed by atoms with Crippen LogP contribution in [0.4, 0.5) is 15.6 Å². The molecule has 0 aliphatic heterocycles. The van der Waals surface area contributed by atoms with Crippen molar-refractivity contribution in [3.05, 3.63) is 48.5 Å². The van der Waals surface area contributed by atoms with Gasteiger partial charge in [-0.05, 0) is 30.2 Å². The molecule has 3 amide bonds. The third kappa shape index (κ3) is 6.42. The Morgan fingerprint density at radius 3 is 2.39 bits per heavy atom. The van der Waals surface area contributed by atoms with Crippen molar-refractivity contribution in [3.8, 4) is 22.1 Å². The molecule has 0 spiro atoms. The lowest BCUT2D eigenvalue weighted by Gasteiger charge is -2.23. The number of carbonyl (C=O) groups excluding carboxylic acids is 2. The molecule has 0 saturated heterocycles. The normalized spacial score (nSPS) is 12.4. The summed E-state index contributed by atoms with van der Waals surface area (Å²) in [6, 6.07) is 13.2. The summed E-state index contributed by atoms with van der Waals surface area (Å²) < 4.78 is 10.4. The summed E-state index contributed by atoms with van der Waals surface area (Å²) in [5.41, 5.74) is 1.39. The van der Waals surface area contributed by atoms with Crippen LogP contribution in [0.5, 0.6) is 11.5 Å². The molecule has 0 radical (unpaired) electrons. The number of carbonyl (C=O) groups is 2. The Hall–Kier alpha value is -3.66. The van der Waals surface area contributed by atoms with Gasteiger partial charge in [-0.1, -0.05) is 49.8 Å². The molecule has 2 aromatic carbocycles. The van der Waals surface area contributed by atoms with E-state index in [1.807, 2.05) is 38.1 Å². The minimum Gasteiger partial charge on any atom is -0.497 e. The average Bonchev–Trinajstić information content (AvgIpc) is 3.30. The molecule has 0 bridgehead atoms. The van der Waals surface area contributed by atoms with Crippen LogP contribution in [0, 0.1) is 5.92 Å². The fraction of sp³-hybridized carbons (Fsp3) is 0.304. The third-order valence-corrected chi connectivity index (χ3v) is 5.97. The van der Waals surface area contributed by atoms with E-state index < -0.39 is 12.1 Å². The second kappa shape index (κ2) is 11.3. The van der Waals surface area contributed by atoms with Gasteiger partial charge in [0.15, 0.2) is 0 Å². The van der Waals surface area contributed by atoms with Crippen LogP contribution in [-0.2, 0) is 4.79 Å². The molecule has 3 N–H and O–H groups in total. The largest absolute Gasteiger partial charge is 0.497 e. The minimum atomic E-state index is -0.759. The van der Waals surface area contributed by atoms with Crippen molar-refractivity contribution in [2.45, 2.75) is 26.3 Å². The molecule has 1 heterocycles. The van der Waals surface area contributed by atoms with E-state index in [9.17, 15) is 9.59 Å². The van der Waals surface area contributed by atoms with E-state index in [4.69, 9.17) is 9.47 Å². The quantitative estimate of drug-likeness (QED) is 0.428. The summed E-state index contributed by atoms with van der Waals surface area (Å²) >= 11 is 1.24. The van der Waals surface area contributed by atoms with E-state index in [0.717, 1.165) is 5.56 Å². The molecule has 3 aromatic rings. The average molecular weight is 470 g/mol. The number of anilines is 2. The van der Waals surface area contributed by atoms with Gasteiger partial charge < -0.3 is 20.1 Å². The Bertz CT molecular complexity index is 1100. The van der Waals surface area contributed by atoms with Gasteiger partial charge in [-0.15, -0.1) is 10.2 Å². The summed E-state index contributed by atoms with van der Waals surface area (Å²) in [7, 11) is 3.15. The summed E-state index contributed by atoms with van der Waals surface area (Å²) in [6.45, 7) is 3.86. The van der Waals surface area contributed by atoms with Gasteiger partial charge in [0.05, 0.1) is 14.2 Å². The number of hydrogen-bond acceptors (Lipinski definition) is 7. The van der Waals surface area contributed by atoms with E-state index in [0.29, 0.717) is 33.7 Å². The first kappa shape index (κ1) is 24.0. The van der Waals surface area contributed by atoms with Crippen molar-refractivity contribution in [2.24, 2.45) is 5.92 Å². The number of nitrogens with zero attached hydrogens (tertiary/aromatic N) is 2. The topological polar surface area (TPSA) is 114 Å². The smallest absolute Gasteiger partial charge is 0.319 e. The van der Waals surface area contributed by atoms with Gasteiger partial charge in [0.25, 0.3) is 0 Å². The Morgan fingerprint density at radius 1 is 1.00 bits per heavy atom. The monoisotopic (exact) mass is 469 g/mol. The molecule has 3 rings (SSSR count). The molecule has 33 heavy (non-hydrogen) atoms. The number of nitrogens with one attached hydrogen (secondary N) is 3. The minimum absolute atomic E-state index is 0.105. The maximum Gasteiger partial charge on any atom is 0.319 e. The molecule has 174 valence electrons. The maximum absolute atomic E-state index is 13.0. The Labute approximate surface area is 196 Å². The number of amides is 3. The van der Waals surface area contributed by atoms with Crippen LogP contribution in [-0.4, -0.2) is 42.4 Å². The van der Waals surface area contributed by atoms with E-state index in [1.54, 1.807) is 38.5 Å². The van der Waals surface area contributed by atoms with Crippen LogP contribution in [0.2, 0.25) is 0 Å². The van der Waals surface area contributed by atoms with Crippen molar-refractivity contribution in [1.29, 1.82) is 0 Å². The molecule has 9 nitrogen and oxygen atoms in total. The number of urea groups is 1. The zero-order valence-corrected chi connectivity index (χ0v) is 19.7. The molecule has 0 saturated carbocycles. The van der Waals surface area contributed by atoms with Crippen LogP contribution >= 0.6 is 11.3 Å². The molecule has 0 aliphatic rings. The summed E-state index contributed by atoms with van der Waals surface area (Å²) in [5, 5.41) is 17.5. The van der Waals surface area contributed by atoms with Gasteiger partial charge >= 0.3 is 6.03 Å². The third-order valence-electron chi connectivity index (χ3n) is 5.08. The molecule has 2 unspecified atom stereocenters. The first-order valence-electron chi connectivity index (χ1n) is 10.4. The van der Waals surface area contributed by atoms with E-state index in [2.05, 4.69) is 26.1 Å². The standard InChI is InChI=1S/C23H27N5O4S/c1-5-14(2)19(25-22(30)24-16-9-7-11-18(13-16)32-4)20(29)26-23-28-27-21(33-23)15-8-6-10-17(12-15)31-3/h6-14,19H,5H2,1-4H3,(H2,24,25,30)(H,26,28,29). The van der Waals surface area contributed by atoms with Crippen molar-refractivity contribution >= 4 is 34.1 Å². The molecule has 0 fully saturated rings. The first-order valence-corrected chi connectivity index (χ1v) is 11.3. The number of rotatable bonds is 9. The fourth-order valence-electron chi connectivity index (χ4n) is 3.04. The fourth-order valence-corrected chi connectivity index (χ4v) is 3.78. The molecule has 2 atom stereocenters. The zero-order valence-electron chi connectivity index (χ0n) is 18.9. The van der Waals surface area contributed by atoms with Crippen LogP contribution in [0.15, 0.2) is 48.5 Å².